The van der Waals surface area contributed by atoms with E-state index in [1.807, 2.05) is 12.3 Å². The number of ether oxygens (including phenoxy) is 1. The SMILES string of the molecule is CC(=O)c1cc(N)ccc1OCc1nc(C)cs1. The lowest BCUT2D eigenvalue weighted by Crippen LogP contribution is -2.02. The molecule has 0 saturated heterocycles. The van der Waals surface area contributed by atoms with E-state index in [0.29, 0.717) is 23.6 Å². The van der Waals surface area contributed by atoms with Gasteiger partial charge < -0.3 is 10.5 Å². The number of ketones is 1. The van der Waals surface area contributed by atoms with Crippen LogP contribution < -0.4 is 10.5 Å². The van der Waals surface area contributed by atoms with E-state index in [-0.39, 0.29) is 5.78 Å². The maximum Gasteiger partial charge on any atom is 0.163 e. The Morgan fingerprint density at radius 1 is 1.50 bits per heavy atom. The molecule has 0 aliphatic heterocycles. The zero-order valence-electron chi connectivity index (χ0n) is 10.3. The molecular weight excluding hydrogens is 248 g/mol. The monoisotopic (exact) mass is 262 g/mol. The quantitative estimate of drug-likeness (QED) is 0.679. The number of benzene rings is 1. The topological polar surface area (TPSA) is 65.2 Å². The molecule has 0 saturated carbocycles. The molecule has 1 heterocycles. The number of aromatic nitrogens is 1. The summed E-state index contributed by atoms with van der Waals surface area (Å²) < 4.78 is 5.62. The zero-order chi connectivity index (χ0) is 13.1. The lowest BCUT2D eigenvalue weighted by molar-refractivity contribution is 0.101. The van der Waals surface area contributed by atoms with Crippen LogP contribution in [0, 0.1) is 6.92 Å². The van der Waals surface area contributed by atoms with Crippen LogP contribution in [-0.2, 0) is 6.61 Å². The Labute approximate surface area is 109 Å². The molecule has 0 radical (unpaired) electrons. The molecule has 2 rings (SSSR count). The number of thiazole rings is 1. The molecule has 0 spiro atoms. The minimum absolute atomic E-state index is 0.0624. The highest BCUT2D eigenvalue weighted by molar-refractivity contribution is 7.09. The standard InChI is InChI=1S/C13H14N2O2S/c1-8-7-18-13(15-8)6-17-12-4-3-10(14)5-11(12)9(2)16/h3-5,7H,6,14H2,1-2H3. The largest absolute Gasteiger partial charge is 0.486 e. The lowest BCUT2D eigenvalue weighted by atomic mass is 10.1. The molecule has 2 aromatic rings. The van der Waals surface area contributed by atoms with E-state index >= 15 is 0 Å². The van der Waals surface area contributed by atoms with Gasteiger partial charge in [0.1, 0.15) is 17.4 Å². The normalized spacial score (nSPS) is 10.3. The smallest absolute Gasteiger partial charge is 0.163 e. The van der Waals surface area contributed by atoms with Gasteiger partial charge in [-0.25, -0.2) is 4.98 Å². The lowest BCUT2D eigenvalue weighted by Gasteiger charge is -2.09. The van der Waals surface area contributed by atoms with Crippen LogP contribution in [0.25, 0.3) is 0 Å². The summed E-state index contributed by atoms with van der Waals surface area (Å²) in [6.45, 7) is 3.79. The predicted molar refractivity (Wildman–Crippen MR) is 72.0 cm³/mol. The first-order valence-corrected chi connectivity index (χ1v) is 6.38. The molecule has 0 aliphatic rings. The summed E-state index contributed by atoms with van der Waals surface area (Å²) in [5.41, 5.74) is 7.69. The van der Waals surface area contributed by atoms with Crippen LogP contribution in [0.5, 0.6) is 5.75 Å². The Hall–Kier alpha value is -1.88. The van der Waals surface area contributed by atoms with Gasteiger partial charge >= 0.3 is 0 Å². The molecule has 5 heteroatoms. The highest BCUT2D eigenvalue weighted by Gasteiger charge is 2.10. The van der Waals surface area contributed by atoms with Gasteiger partial charge in [0.2, 0.25) is 0 Å². The molecule has 1 aromatic carbocycles. The average molecular weight is 262 g/mol. The first-order valence-electron chi connectivity index (χ1n) is 5.50. The van der Waals surface area contributed by atoms with Crippen molar-refractivity contribution < 1.29 is 9.53 Å². The predicted octanol–water partition coefficient (Wildman–Crippen LogP) is 2.82. The van der Waals surface area contributed by atoms with E-state index in [9.17, 15) is 4.79 Å². The molecule has 0 aliphatic carbocycles. The Kier molecular flexibility index (Phi) is 3.62. The van der Waals surface area contributed by atoms with Gasteiger partial charge in [-0.1, -0.05) is 0 Å². The third-order valence-corrected chi connectivity index (χ3v) is 3.34. The second-order valence-corrected chi connectivity index (χ2v) is 4.93. The fourth-order valence-electron chi connectivity index (χ4n) is 1.56. The third-order valence-electron chi connectivity index (χ3n) is 2.40. The summed E-state index contributed by atoms with van der Waals surface area (Å²) in [4.78, 5) is 15.8. The fourth-order valence-corrected chi connectivity index (χ4v) is 2.24. The molecule has 2 N–H and O–H groups in total. The van der Waals surface area contributed by atoms with E-state index in [1.54, 1.807) is 29.5 Å². The van der Waals surface area contributed by atoms with Crippen molar-refractivity contribution in [2.24, 2.45) is 0 Å². The maximum atomic E-state index is 11.5. The Morgan fingerprint density at radius 2 is 2.28 bits per heavy atom. The molecule has 94 valence electrons. The van der Waals surface area contributed by atoms with Crippen molar-refractivity contribution in [2.75, 3.05) is 5.73 Å². The van der Waals surface area contributed by atoms with Crippen molar-refractivity contribution in [3.63, 3.8) is 0 Å². The number of nitrogen functional groups attached to an aromatic ring is 1. The highest BCUT2D eigenvalue weighted by atomic mass is 32.1. The molecule has 1 aromatic heterocycles. The minimum Gasteiger partial charge on any atom is -0.486 e. The van der Waals surface area contributed by atoms with Crippen LogP contribution in [-0.4, -0.2) is 10.8 Å². The number of carbonyl (C=O) groups excluding carboxylic acids is 1. The van der Waals surface area contributed by atoms with Crippen LogP contribution in [0.4, 0.5) is 5.69 Å². The van der Waals surface area contributed by atoms with Crippen molar-refractivity contribution in [3.05, 3.63) is 39.8 Å². The summed E-state index contributed by atoms with van der Waals surface area (Å²) >= 11 is 1.54. The summed E-state index contributed by atoms with van der Waals surface area (Å²) in [7, 11) is 0. The fraction of sp³-hybridized carbons (Fsp3) is 0.231. The van der Waals surface area contributed by atoms with E-state index in [1.165, 1.54) is 6.92 Å². The van der Waals surface area contributed by atoms with Crippen LogP contribution in [0.2, 0.25) is 0 Å². The maximum absolute atomic E-state index is 11.5. The molecule has 0 bridgehead atoms. The molecule has 4 nitrogen and oxygen atoms in total. The Balaban J connectivity index is 2.16. The molecule has 0 atom stereocenters. The number of hydrogen-bond acceptors (Lipinski definition) is 5. The summed E-state index contributed by atoms with van der Waals surface area (Å²) in [6, 6.07) is 5.06. The summed E-state index contributed by atoms with van der Waals surface area (Å²) in [6.07, 6.45) is 0. The van der Waals surface area contributed by atoms with Crippen molar-refractivity contribution in [2.45, 2.75) is 20.5 Å². The highest BCUT2D eigenvalue weighted by Crippen LogP contribution is 2.23. The Morgan fingerprint density at radius 3 is 2.89 bits per heavy atom. The van der Waals surface area contributed by atoms with E-state index < -0.39 is 0 Å². The van der Waals surface area contributed by atoms with Crippen molar-refractivity contribution in [3.8, 4) is 5.75 Å². The summed E-state index contributed by atoms with van der Waals surface area (Å²) in [5.74, 6) is 0.483. The van der Waals surface area contributed by atoms with Gasteiger partial charge in [-0.2, -0.15) is 0 Å². The first kappa shape index (κ1) is 12.6. The van der Waals surface area contributed by atoms with Crippen LogP contribution in [0.15, 0.2) is 23.6 Å². The molecule has 18 heavy (non-hydrogen) atoms. The molecule has 0 unspecified atom stereocenters. The zero-order valence-corrected chi connectivity index (χ0v) is 11.1. The van der Waals surface area contributed by atoms with Gasteiger partial charge in [0.15, 0.2) is 5.78 Å². The number of nitrogens with zero attached hydrogens (tertiary/aromatic N) is 1. The van der Waals surface area contributed by atoms with E-state index in [2.05, 4.69) is 4.98 Å². The van der Waals surface area contributed by atoms with Crippen LogP contribution in [0.3, 0.4) is 0 Å². The number of Topliss-reactive ketones (excluding diaryl/α,β-unsaturated/α-hetero) is 1. The number of nitrogens with two attached hydrogens (primary N) is 1. The van der Waals surface area contributed by atoms with E-state index in [0.717, 1.165) is 10.7 Å². The average Bonchev–Trinajstić information content (AvgIpc) is 2.73. The van der Waals surface area contributed by atoms with Crippen molar-refractivity contribution >= 4 is 22.8 Å². The third kappa shape index (κ3) is 2.87. The number of carbonyl (C=O) groups is 1. The molecule has 0 fully saturated rings. The number of hydrogen-bond donors (Lipinski definition) is 1. The first-order chi connectivity index (χ1) is 8.56. The van der Waals surface area contributed by atoms with Crippen molar-refractivity contribution in [1.82, 2.24) is 4.98 Å². The molecular formula is C13H14N2O2S. The van der Waals surface area contributed by atoms with Gasteiger partial charge in [-0.3, -0.25) is 4.79 Å². The second kappa shape index (κ2) is 5.18. The van der Waals surface area contributed by atoms with Gasteiger partial charge in [-0.15, -0.1) is 11.3 Å². The summed E-state index contributed by atoms with van der Waals surface area (Å²) in [5, 5.41) is 2.85. The van der Waals surface area contributed by atoms with Gasteiger partial charge in [0.25, 0.3) is 0 Å². The van der Waals surface area contributed by atoms with Gasteiger partial charge in [-0.05, 0) is 32.0 Å². The van der Waals surface area contributed by atoms with Crippen LogP contribution in [0.1, 0.15) is 28.0 Å². The number of rotatable bonds is 4. The number of anilines is 1. The van der Waals surface area contributed by atoms with Gasteiger partial charge in [0.05, 0.1) is 5.56 Å². The van der Waals surface area contributed by atoms with E-state index in [4.69, 9.17) is 10.5 Å². The minimum atomic E-state index is -0.0624. The van der Waals surface area contributed by atoms with Crippen molar-refractivity contribution in [1.29, 1.82) is 0 Å². The van der Waals surface area contributed by atoms with Crippen LogP contribution >= 0.6 is 11.3 Å². The Bertz CT molecular complexity index is 578. The number of aryl methyl sites for hydroxylation is 1. The molecule has 0 amide bonds. The van der Waals surface area contributed by atoms with Gasteiger partial charge in [0, 0.05) is 16.8 Å². The second-order valence-electron chi connectivity index (χ2n) is 3.98.